The number of likely N-dealkylation sites (N-methyl/N-ethyl adjacent to an activating group) is 1. The summed E-state index contributed by atoms with van der Waals surface area (Å²) in [5, 5.41) is 3.32. The van der Waals surface area contributed by atoms with Crippen LogP contribution in [0.3, 0.4) is 0 Å². The molecule has 140 valence electrons. The van der Waals surface area contributed by atoms with E-state index in [9.17, 15) is 14.4 Å². The van der Waals surface area contributed by atoms with E-state index >= 15 is 0 Å². The predicted octanol–water partition coefficient (Wildman–Crippen LogP) is -1.05. The minimum absolute atomic E-state index is 0.0386. The molecule has 9 heteroatoms. The Labute approximate surface area is 150 Å². The molecule has 0 saturated carbocycles. The first-order chi connectivity index (χ1) is 12.3. The number of nitrogens with two attached hydrogens (primary N) is 1. The SMILES string of the molecule is CO[C@]12C3NC3CN1C1=C(C(=O)C(N(C)C)=C(C)C1=O)[C@H]2COC(N)=O. The van der Waals surface area contributed by atoms with Crippen molar-refractivity contribution in [2.75, 3.05) is 34.4 Å². The Morgan fingerprint density at radius 2 is 2.08 bits per heavy atom. The third-order valence-electron chi connectivity index (χ3n) is 5.84. The maximum atomic E-state index is 13.3. The summed E-state index contributed by atoms with van der Waals surface area (Å²) in [5.41, 5.74) is 5.69. The quantitative estimate of drug-likeness (QED) is 0.480. The van der Waals surface area contributed by atoms with E-state index in [2.05, 4.69) is 5.32 Å². The molecule has 3 N–H and O–H groups in total. The molecule has 2 fully saturated rings. The molecule has 2 saturated heterocycles. The zero-order valence-electron chi connectivity index (χ0n) is 15.2. The maximum absolute atomic E-state index is 13.3. The number of methoxy groups -OCH3 is 1. The number of nitrogens with one attached hydrogen (secondary N) is 1. The van der Waals surface area contributed by atoms with Crippen LogP contribution in [-0.2, 0) is 19.1 Å². The molecule has 2 unspecified atom stereocenters. The Kier molecular flexibility index (Phi) is 3.48. The molecule has 1 aliphatic carbocycles. The molecular weight excluding hydrogens is 340 g/mol. The monoisotopic (exact) mass is 362 g/mol. The minimum atomic E-state index is -0.932. The second-order valence-electron chi connectivity index (χ2n) is 7.29. The van der Waals surface area contributed by atoms with E-state index in [0.717, 1.165) is 0 Å². The van der Waals surface area contributed by atoms with E-state index < -0.39 is 17.7 Å². The number of Topliss-reactive ketones (excluding diaryl/α,β-unsaturated/α-hetero) is 2. The third-order valence-corrected chi connectivity index (χ3v) is 5.84. The first-order valence-corrected chi connectivity index (χ1v) is 8.48. The van der Waals surface area contributed by atoms with Gasteiger partial charge < -0.3 is 30.3 Å². The number of piperazine rings is 1. The topological polar surface area (TPSA) is 124 Å². The number of nitrogens with zero attached hydrogens (tertiary/aromatic N) is 2. The highest BCUT2D eigenvalue weighted by Gasteiger charge is 2.72. The van der Waals surface area contributed by atoms with Crippen LogP contribution in [-0.4, -0.2) is 79.6 Å². The van der Waals surface area contributed by atoms with Gasteiger partial charge in [-0.25, -0.2) is 4.79 Å². The van der Waals surface area contributed by atoms with Crippen molar-refractivity contribution in [1.82, 2.24) is 15.1 Å². The van der Waals surface area contributed by atoms with Gasteiger partial charge in [0.1, 0.15) is 6.61 Å². The van der Waals surface area contributed by atoms with Gasteiger partial charge in [-0.3, -0.25) is 9.59 Å². The summed E-state index contributed by atoms with van der Waals surface area (Å²) >= 11 is 0. The number of carbonyl (C=O) groups is 3. The van der Waals surface area contributed by atoms with Gasteiger partial charge in [-0.2, -0.15) is 0 Å². The van der Waals surface area contributed by atoms with Crippen LogP contribution in [0.25, 0.3) is 0 Å². The Bertz CT molecular complexity index is 801. The summed E-state index contributed by atoms with van der Waals surface area (Å²) in [7, 11) is 5.00. The van der Waals surface area contributed by atoms with Crippen LogP contribution in [0, 0.1) is 5.92 Å². The van der Waals surface area contributed by atoms with Crippen molar-refractivity contribution in [2.24, 2.45) is 11.7 Å². The molecule has 3 heterocycles. The van der Waals surface area contributed by atoms with Crippen LogP contribution >= 0.6 is 0 Å². The van der Waals surface area contributed by atoms with E-state index in [1.807, 2.05) is 4.90 Å². The van der Waals surface area contributed by atoms with Crippen molar-refractivity contribution in [3.05, 3.63) is 22.5 Å². The summed E-state index contributed by atoms with van der Waals surface area (Å²) in [6.07, 6.45) is -0.927. The average Bonchev–Trinajstić information content (AvgIpc) is 3.17. The summed E-state index contributed by atoms with van der Waals surface area (Å²) in [6.45, 7) is 2.10. The van der Waals surface area contributed by atoms with Crippen LogP contribution in [0.2, 0.25) is 0 Å². The van der Waals surface area contributed by atoms with Gasteiger partial charge in [0, 0.05) is 44.9 Å². The van der Waals surface area contributed by atoms with Gasteiger partial charge in [-0.15, -0.1) is 0 Å². The largest absolute Gasteiger partial charge is 0.449 e. The molecule has 4 atom stereocenters. The molecular formula is C17H22N4O5. The number of ether oxygens (including phenoxy) is 2. The van der Waals surface area contributed by atoms with Crippen molar-refractivity contribution < 1.29 is 23.9 Å². The van der Waals surface area contributed by atoms with Gasteiger partial charge in [0.05, 0.1) is 23.4 Å². The van der Waals surface area contributed by atoms with E-state index in [1.54, 1.807) is 33.0 Å². The third kappa shape index (κ3) is 1.89. The zero-order chi connectivity index (χ0) is 19.0. The molecule has 0 radical (unpaired) electrons. The number of primary amides is 1. The summed E-state index contributed by atoms with van der Waals surface area (Å²) in [5.74, 6) is -1.02. The summed E-state index contributed by atoms with van der Waals surface area (Å²) in [6, 6.07) is 0.144. The molecule has 4 rings (SSSR count). The second kappa shape index (κ2) is 5.31. The van der Waals surface area contributed by atoms with Crippen LogP contribution in [0.5, 0.6) is 0 Å². The fraction of sp³-hybridized carbons (Fsp3) is 0.588. The van der Waals surface area contributed by atoms with Gasteiger partial charge in [0.2, 0.25) is 11.6 Å². The van der Waals surface area contributed by atoms with Gasteiger partial charge in [-0.05, 0) is 6.92 Å². The summed E-state index contributed by atoms with van der Waals surface area (Å²) in [4.78, 5) is 41.1. The van der Waals surface area contributed by atoms with Gasteiger partial charge in [0.25, 0.3) is 0 Å². The van der Waals surface area contributed by atoms with Crippen LogP contribution in [0.1, 0.15) is 6.92 Å². The molecule has 0 aromatic heterocycles. The fourth-order valence-corrected chi connectivity index (χ4v) is 4.82. The molecule has 0 spiro atoms. The van der Waals surface area contributed by atoms with Crippen molar-refractivity contribution in [2.45, 2.75) is 24.7 Å². The lowest BCUT2D eigenvalue weighted by atomic mass is 9.82. The second-order valence-corrected chi connectivity index (χ2v) is 7.29. The normalized spacial score (nSPS) is 34.8. The van der Waals surface area contributed by atoms with Crippen LogP contribution < -0.4 is 11.1 Å². The Morgan fingerprint density at radius 3 is 2.65 bits per heavy atom. The first-order valence-electron chi connectivity index (χ1n) is 8.48. The zero-order valence-corrected chi connectivity index (χ0v) is 15.2. The highest BCUT2D eigenvalue weighted by Crippen LogP contribution is 2.55. The Hall–Kier alpha value is -2.39. The van der Waals surface area contributed by atoms with Gasteiger partial charge in [-0.1, -0.05) is 0 Å². The lowest BCUT2D eigenvalue weighted by Gasteiger charge is -2.39. The maximum Gasteiger partial charge on any atom is 0.404 e. The lowest BCUT2D eigenvalue weighted by Crippen LogP contribution is -2.55. The number of rotatable bonds is 4. The number of carbonyl (C=O) groups excluding carboxylic acids is 3. The Balaban J connectivity index is 1.85. The van der Waals surface area contributed by atoms with Crippen molar-refractivity contribution in [1.29, 1.82) is 0 Å². The lowest BCUT2D eigenvalue weighted by molar-refractivity contribution is -0.137. The number of hydrogen-bond acceptors (Lipinski definition) is 8. The molecule has 3 aliphatic heterocycles. The standard InChI is InChI=1S/C17H22N4O5/c1-7-11(20(2)3)14(23)10-8(6-26-16(18)24)17(25-4)15-9(19-15)5-21(17)12(10)13(7)22/h8-9,15,19H,5-6H2,1-4H3,(H2,18,24)/t8-,9?,15?,17-/m1/s1. The molecule has 0 bridgehead atoms. The average molecular weight is 362 g/mol. The minimum Gasteiger partial charge on any atom is -0.449 e. The number of hydrogen-bond donors (Lipinski definition) is 2. The highest BCUT2D eigenvalue weighted by atomic mass is 16.6. The predicted molar refractivity (Wildman–Crippen MR) is 89.6 cm³/mol. The molecule has 9 nitrogen and oxygen atoms in total. The van der Waals surface area contributed by atoms with Gasteiger partial charge >= 0.3 is 6.09 Å². The van der Waals surface area contributed by atoms with Gasteiger partial charge in [0.15, 0.2) is 5.72 Å². The van der Waals surface area contributed by atoms with E-state index in [4.69, 9.17) is 15.2 Å². The molecule has 0 aromatic rings. The molecule has 1 amide bonds. The van der Waals surface area contributed by atoms with E-state index in [-0.39, 0.29) is 30.3 Å². The Morgan fingerprint density at radius 1 is 1.38 bits per heavy atom. The van der Waals surface area contributed by atoms with Crippen LogP contribution in [0.15, 0.2) is 22.5 Å². The number of amides is 1. The first kappa shape index (κ1) is 17.0. The van der Waals surface area contributed by atoms with Crippen molar-refractivity contribution >= 4 is 17.7 Å². The molecule has 4 aliphatic rings. The van der Waals surface area contributed by atoms with Crippen molar-refractivity contribution in [3.8, 4) is 0 Å². The highest BCUT2D eigenvalue weighted by molar-refractivity contribution is 6.25. The molecule has 0 aromatic carbocycles. The number of fused-ring (bicyclic) bond motifs is 4. The molecule has 26 heavy (non-hydrogen) atoms. The van der Waals surface area contributed by atoms with E-state index in [0.29, 0.717) is 29.1 Å². The van der Waals surface area contributed by atoms with Crippen LogP contribution in [0.4, 0.5) is 4.79 Å². The van der Waals surface area contributed by atoms with E-state index in [1.165, 1.54) is 0 Å². The fourth-order valence-electron chi connectivity index (χ4n) is 4.82. The van der Waals surface area contributed by atoms with Crippen molar-refractivity contribution in [3.63, 3.8) is 0 Å². The number of ketones is 2. The summed E-state index contributed by atoms with van der Waals surface area (Å²) < 4.78 is 11.0. The number of allylic oxidation sites excluding steroid dienone is 2. The smallest absolute Gasteiger partial charge is 0.404 e.